The number of nitrogens with zero attached hydrogens (tertiary/aromatic N) is 1. The summed E-state index contributed by atoms with van der Waals surface area (Å²) in [6, 6.07) is 4.97. The number of hydrogen-bond acceptors (Lipinski definition) is 3. The van der Waals surface area contributed by atoms with Crippen LogP contribution in [0, 0.1) is 11.8 Å². The summed E-state index contributed by atoms with van der Waals surface area (Å²) in [5.41, 5.74) is 0.386. The van der Waals surface area contributed by atoms with Crippen LogP contribution >= 0.6 is 15.9 Å². The summed E-state index contributed by atoms with van der Waals surface area (Å²) in [5, 5.41) is 13.1. The van der Waals surface area contributed by atoms with Gasteiger partial charge in [0.1, 0.15) is 5.75 Å². The highest BCUT2D eigenvalue weighted by Crippen LogP contribution is 2.30. The molecule has 0 saturated carbocycles. The molecule has 18 heavy (non-hydrogen) atoms. The fraction of sp³-hybridized carbons (Fsp3) is 0.462. The number of halogens is 1. The predicted molar refractivity (Wildman–Crippen MR) is 71.6 cm³/mol. The maximum atomic E-state index is 12.4. The van der Waals surface area contributed by atoms with Crippen molar-refractivity contribution in [2.75, 3.05) is 26.2 Å². The molecule has 2 heterocycles. The molecule has 4 nitrogen and oxygen atoms in total. The van der Waals surface area contributed by atoms with Crippen LogP contribution in [0.1, 0.15) is 10.4 Å². The molecule has 2 aliphatic heterocycles. The summed E-state index contributed by atoms with van der Waals surface area (Å²) in [6.45, 7) is 3.59. The van der Waals surface area contributed by atoms with Gasteiger partial charge in [-0.1, -0.05) is 15.9 Å². The highest BCUT2D eigenvalue weighted by atomic mass is 79.9. The Morgan fingerprint density at radius 2 is 2.00 bits per heavy atom. The van der Waals surface area contributed by atoms with Crippen LogP contribution in [0.25, 0.3) is 0 Å². The number of phenolic OH excluding ortho intramolecular Hbond substituents is 1. The highest BCUT2D eigenvalue weighted by molar-refractivity contribution is 9.10. The third kappa shape index (κ3) is 2.01. The van der Waals surface area contributed by atoms with Crippen LogP contribution in [-0.2, 0) is 0 Å². The largest absolute Gasteiger partial charge is 0.507 e. The van der Waals surface area contributed by atoms with Gasteiger partial charge in [-0.05, 0) is 30.0 Å². The Kier molecular flexibility index (Phi) is 3.03. The summed E-state index contributed by atoms with van der Waals surface area (Å²) in [4.78, 5) is 14.2. The lowest BCUT2D eigenvalue weighted by Gasteiger charge is -2.18. The molecule has 0 aliphatic carbocycles. The maximum Gasteiger partial charge on any atom is 0.257 e. The highest BCUT2D eigenvalue weighted by Gasteiger charge is 2.38. The van der Waals surface area contributed by atoms with Crippen LogP contribution in [-0.4, -0.2) is 42.1 Å². The summed E-state index contributed by atoms with van der Waals surface area (Å²) >= 11 is 3.33. The predicted octanol–water partition coefficient (Wildman–Crippen LogP) is 1.45. The van der Waals surface area contributed by atoms with Crippen LogP contribution < -0.4 is 5.32 Å². The molecular formula is C13H15BrN2O2. The van der Waals surface area contributed by atoms with E-state index in [4.69, 9.17) is 0 Å². The van der Waals surface area contributed by atoms with Crippen LogP contribution in [0.5, 0.6) is 5.75 Å². The van der Waals surface area contributed by atoms with Crippen molar-refractivity contribution in [3.05, 3.63) is 28.2 Å². The zero-order chi connectivity index (χ0) is 12.7. The molecular weight excluding hydrogens is 296 g/mol. The number of phenols is 1. The molecule has 0 spiro atoms. The average molecular weight is 311 g/mol. The number of aromatic hydroxyl groups is 1. The molecule has 0 aromatic heterocycles. The van der Waals surface area contributed by atoms with Crippen molar-refractivity contribution in [2.45, 2.75) is 0 Å². The second kappa shape index (κ2) is 4.55. The fourth-order valence-corrected chi connectivity index (χ4v) is 3.23. The van der Waals surface area contributed by atoms with Crippen LogP contribution in [0.15, 0.2) is 22.7 Å². The molecule has 1 amide bonds. The van der Waals surface area contributed by atoms with E-state index in [0.29, 0.717) is 17.4 Å². The summed E-state index contributed by atoms with van der Waals surface area (Å²) in [5.74, 6) is 1.13. The van der Waals surface area contributed by atoms with E-state index in [1.54, 1.807) is 18.2 Å². The maximum absolute atomic E-state index is 12.4. The van der Waals surface area contributed by atoms with Crippen molar-refractivity contribution in [3.8, 4) is 5.75 Å². The Balaban J connectivity index is 1.81. The van der Waals surface area contributed by atoms with Gasteiger partial charge in [0, 0.05) is 30.7 Å². The van der Waals surface area contributed by atoms with Crippen LogP contribution in [0.3, 0.4) is 0 Å². The normalized spacial score (nSPS) is 26.4. The minimum Gasteiger partial charge on any atom is -0.507 e. The minimum atomic E-state index is -0.0665. The third-order valence-corrected chi connectivity index (χ3v) is 4.36. The molecule has 0 bridgehead atoms. The van der Waals surface area contributed by atoms with Gasteiger partial charge in [0.15, 0.2) is 0 Å². The summed E-state index contributed by atoms with van der Waals surface area (Å²) in [6.07, 6.45) is 0. The molecule has 2 saturated heterocycles. The van der Waals surface area contributed by atoms with Crippen molar-refractivity contribution < 1.29 is 9.90 Å². The molecule has 0 radical (unpaired) electrons. The van der Waals surface area contributed by atoms with Crippen LogP contribution in [0.2, 0.25) is 0 Å². The fourth-order valence-electron chi connectivity index (χ4n) is 2.87. The number of fused-ring (bicyclic) bond motifs is 1. The lowest BCUT2D eigenvalue weighted by Crippen LogP contribution is -2.31. The number of nitrogens with one attached hydrogen (secondary N) is 1. The van der Waals surface area contributed by atoms with Crippen molar-refractivity contribution >= 4 is 21.8 Å². The van der Waals surface area contributed by atoms with Crippen molar-refractivity contribution in [2.24, 2.45) is 11.8 Å². The van der Waals surface area contributed by atoms with Gasteiger partial charge in [0.25, 0.3) is 5.91 Å². The Labute approximate surface area is 114 Å². The number of carbonyl (C=O) groups is 1. The number of benzene rings is 1. The molecule has 3 rings (SSSR count). The first-order valence-electron chi connectivity index (χ1n) is 6.13. The molecule has 1 aromatic rings. The molecule has 2 atom stereocenters. The SMILES string of the molecule is O=C(c1cc(Br)ccc1O)N1C[C@H]2CNC[C@H]2C1. The van der Waals surface area contributed by atoms with E-state index in [9.17, 15) is 9.90 Å². The Morgan fingerprint density at radius 3 is 2.67 bits per heavy atom. The number of likely N-dealkylation sites (tertiary alicyclic amines) is 1. The topological polar surface area (TPSA) is 52.6 Å². The first-order valence-corrected chi connectivity index (χ1v) is 6.93. The van der Waals surface area contributed by atoms with Gasteiger partial charge < -0.3 is 15.3 Å². The summed E-state index contributed by atoms with van der Waals surface area (Å²) in [7, 11) is 0. The Bertz CT molecular complexity index is 480. The first-order chi connectivity index (χ1) is 8.65. The van der Waals surface area contributed by atoms with Gasteiger partial charge >= 0.3 is 0 Å². The van der Waals surface area contributed by atoms with Gasteiger partial charge in [-0.2, -0.15) is 0 Å². The number of amides is 1. The monoisotopic (exact) mass is 310 g/mol. The third-order valence-electron chi connectivity index (χ3n) is 3.87. The van der Waals surface area contributed by atoms with Crippen LogP contribution in [0.4, 0.5) is 0 Å². The molecule has 1 aromatic carbocycles. The Hall–Kier alpha value is -1.07. The second-order valence-corrected chi connectivity index (χ2v) is 5.97. The molecule has 2 aliphatic rings. The smallest absolute Gasteiger partial charge is 0.257 e. The quantitative estimate of drug-likeness (QED) is 0.825. The van der Waals surface area contributed by atoms with E-state index < -0.39 is 0 Å². The van der Waals surface area contributed by atoms with E-state index in [2.05, 4.69) is 21.2 Å². The zero-order valence-electron chi connectivity index (χ0n) is 9.90. The lowest BCUT2D eigenvalue weighted by atomic mass is 10.0. The number of rotatable bonds is 1. The van der Waals surface area contributed by atoms with Crippen molar-refractivity contribution in [1.82, 2.24) is 10.2 Å². The van der Waals surface area contributed by atoms with E-state index in [1.165, 1.54) is 0 Å². The van der Waals surface area contributed by atoms with Gasteiger partial charge in [-0.3, -0.25) is 4.79 Å². The minimum absolute atomic E-state index is 0.0541. The lowest BCUT2D eigenvalue weighted by molar-refractivity contribution is 0.0778. The summed E-state index contributed by atoms with van der Waals surface area (Å²) < 4.78 is 0.810. The number of carbonyl (C=O) groups excluding carboxylic acids is 1. The van der Waals surface area contributed by atoms with Crippen molar-refractivity contribution in [1.29, 1.82) is 0 Å². The van der Waals surface area contributed by atoms with E-state index in [0.717, 1.165) is 30.7 Å². The molecule has 5 heteroatoms. The average Bonchev–Trinajstić information content (AvgIpc) is 2.91. The molecule has 2 N–H and O–H groups in total. The molecule has 0 unspecified atom stereocenters. The van der Waals surface area contributed by atoms with Gasteiger partial charge in [-0.15, -0.1) is 0 Å². The standard InChI is InChI=1S/C13H15BrN2O2/c14-10-1-2-12(17)11(3-10)13(18)16-6-8-4-15-5-9(8)7-16/h1-3,8-9,15,17H,4-7H2/t8-,9+. The van der Waals surface area contributed by atoms with E-state index in [-0.39, 0.29) is 11.7 Å². The van der Waals surface area contributed by atoms with E-state index >= 15 is 0 Å². The van der Waals surface area contributed by atoms with Gasteiger partial charge in [0.2, 0.25) is 0 Å². The first kappa shape index (κ1) is 12.0. The second-order valence-electron chi connectivity index (χ2n) is 5.05. The zero-order valence-corrected chi connectivity index (χ0v) is 11.5. The van der Waals surface area contributed by atoms with Gasteiger partial charge in [-0.25, -0.2) is 0 Å². The van der Waals surface area contributed by atoms with E-state index in [1.807, 2.05) is 4.90 Å². The van der Waals surface area contributed by atoms with Crippen molar-refractivity contribution in [3.63, 3.8) is 0 Å². The number of hydrogen-bond donors (Lipinski definition) is 2. The molecule has 96 valence electrons. The Morgan fingerprint density at radius 1 is 1.33 bits per heavy atom. The van der Waals surface area contributed by atoms with Gasteiger partial charge in [0.05, 0.1) is 5.56 Å². The molecule has 2 fully saturated rings.